The van der Waals surface area contributed by atoms with Crippen molar-refractivity contribution < 1.29 is 18.2 Å². The Kier molecular flexibility index (Phi) is 7.77. The van der Waals surface area contributed by atoms with E-state index < -0.39 is 11.7 Å². The normalized spacial score (nSPS) is 24.8. The van der Waals surface area contributed by atoms with Gasteiger partial charge in [-0.3, -0.25) is 9.80 Å². The summed E-state index contributed by atoms with van der Waals surface area (Å²) in [5, 5.41) is 9.86. The molecule has 0 spiro atoms. The topological polar surface area (TPSA) is 30.0 Å². The van der Waals surface area contributed by atoms with Crippen molar-refractivity contribution in [2.24, 2.45) is 0 Å². The van der Waals surface area contributed by atoms with Gasteiger partial charge in [0.1, 0.15) is 0 Å². The van der Waals surface area contributed by atoms with Gasteiger partial charge in [0.15, 0.2) is 0 Å². The number of nitrogens with zero attached hydrogens (tertiary/aromatic N) is 3. The summed E-state index contributed by atoms with van der Waals surface area (Å²) in [6.45, 7) is 13.2. The average molecular weight is 439 g/mol. The number of hydrogen-bond donors (Lipinski definition) is 1. The summed E-state index contributed by atoms with van der Waals surface area (Å²) in [6.07, 6.45) is -0.276. The van der Waals surface area contributed by atoms with Crippen LogP contribution in [0.25, 0.3) is 0 Å². The second-order valence-corrected chi connectivity index (χ2v) is 9.62. The Morgan fingerprint density at radius 3 is 2.23 bits per heavy atom. The van der Waals surface area contributed by atoms with Crippen LogP contribution < -0.4 is 0 Å². The largest absolute Gasteiger partial charge is 0.437 e. The molecule has 4 nitrogen and oxygen atoms in total. The lowest BCUT2D eigenvalue weighted by molar-refractivity contribution is -0.137. The fourth-order valence-corrected chi connectivity index (χ4v) is 5.31. The molecule has 2 saturated heterocycles. The van der Waals surface area contributed by atoms with Crippen molar-refractivity contribution in [2.75, 3.05) is 32.7 Å². The Morgan fingerprint density at radius 2 is 1.74 bits per heavy atom. The second-order valence-electron chi connectivity index (χ2n) is 9.62. The standard InChI is InChI=1S/C23H37BF3N3O/c1-5-6-21(19-7-9-20(10-8-19)23(25,26)27)30-16-15-28(17-18(30)2)22(3)11-13-29(14-12-22)24(4)31/h7-10,18,21,31H,5-6,11-17H2,1-4H3. The lowest BCUT2D eigenvalue weighted by atomic mass is 9.78. The zero-order valence-electron chi connectivity index (χ0n) is 19.3. The Morgan fingerprint density at radius 1 is 1.13 bits per heavy atom. The Hall–Kier alpha value is -1.09. The maximum absolute atomic E-state index is 13.0. The van der Waals surface area contributed by atoms with Crippen molar-refractivity contribution >= 4 is 7.05 Å². The Bertz CT molecular complexity index is 705. The van der Waals surface area contributed by atoms with Crippen LogP contribution in [0.15, 0.2) is 24.3 Å². The van der Waals surface area contributed by atoms with Gasteiger partial charge in [-0.05, 0) is 70.7 Å². The molecule has 2 aliphatic rings. The molecule has 174 valence electrons. The smallest absolute Gasteiger partial charge is 0.416 e. The maximum Gasteiger partial charge on any atom is 0.416 e. The number of benzene rings is 1. The monoisotopic (exact) mass is 439 g/mol. The summed E-state index contributed by atoms with van der Waals surface area (Å²) in [4.78, 5) is 7.21. The number of halogens is 3. The minimum Gasteiger partial charge on any atom is -0.437 e. The molecule has 2 heterocycles. The van der Waals surface area contributed by atoms with Gasteiger partial charge in [-0.25, -0.2) is 0 Å². The summed E-state index contributed by atoms with van der Waals surface area (Å²) in [5.41, 5.74) is 0.535. The molecule has 2 fully saturated rings. The van der Waals surface area contributed by atoms with Gasteiger partial charge < -0.3 is 9.83 Å². The lowest BCUT2D eigenvalue weighted by Crippen LogP contribution is -2.62. The predicted octanol–water partition coefficient (Wildman–Crippen LogP) is 4.52. The molecular formula is C23H37BF3N3O. The second kappa shape index (κ2) is 9.81. The van der Waals surface area contributed by atoms with E-state index in [1.165, 1.54) is 12.1 Å². The third-order valence-electron chi connectivity index (χ3n) is 7.43. The molecule has 2 unspecified atom stereocenters. The van der Waals surface area contributed by atoms with E-state index in [4.69, 9.17) is 0 Å². The zero-order chi connectivity index (χ0) is 22.8. The molecule has 2 aliphatic heterocycles. The van der Waals surface area contributed by atoms with Crippen molar-refractivity contribution in [1.82, 2.24) is 14.6 Å². The molecular weight excluding hydrogens is 402 g/mol. The number of rotatable bonds is 6. The molecule has 8 heteroatoms. The third-order valence-corrected chi connectivity index (χ3v) is 7.43. The maximum atomic E-state index is 13.0. The van der Waals surface area contributed by atoms with Gasteiger partial charge in [-0.1, -0.05) is 25.5 Å². The molecule has 1 N–H and O–H groups in total. The van der Waals surface area contributed by atoms with Gasteiger partial charge in [0.05, 0.1) is 5.56 Å². The van der Waals surface area contributed by atoms with Crippen LogP contribution in [-0.4, -0.2) is 71.0 Å². The number of hydrogen-bond acceptors (Lipinski definition) is 4. The summed E-state index contributed by atoms with van der Waals surface area (Å²) in [5.74, 6) is 0. The molecule has 2 atom stereocenters. The van der Waals surface area contributed by atoms with Crippen LogP contribution in [0, 0.1) is 0 Å². The van der Waals surface area contributed by atoms with Crippen LogP contribution >= 0.6 is 0 Å². The highest BCUT2D eigenvalue weighted by atomic mass is 19.4. The van der Waals surface area contributed by atoms with Crippen LogP contribution in [0.2, 0.25) is 6.82 Å². The highest BCUT2D eigenvalue weighted by molar-refractivity contribution is 6.45. The van der Waals surface area contributed by atoms with Crippen LogP contribution in [0.4, 0.5) is 13.2 Å². The minimum atomic E-state index is -4.30. The average Bonchev–Trinajstić information content (AvgIpc) is 2.72. The Balaban J connectivity index is 1.68. The van der Waals surface area contributed by atoms with Crippen molar-refractivity contribution in [3.63, 3.8) is 0 Å². The van der Waals surface area contributed by atoms with Crippen molar-refractivity contribution in [3.05, 3.63) is 35.4 Å². The molecule has 3 rings (SSSR count). The molecule has 31 heavy (non-hydrogen) atoms. The van der Waals surface area contributed by atoms with Crippen LogP contribution in [0.3, 0.4) is 0 Å². The van der Waals surface area contributed by atoms with E-state index in [1.54, 1.807) is 12.1 Å². The van der Waals surface area contributed by atoms with Gasteiger partial charge >= 0.3 is 13.2 Å². The summed E-state index contributed by atoms with van der Waals surface area (Å²) in [7, 11) is -0.390. The highest BCUT2D eigenvalue weighted by Gasteiger charge is 2.41. The first-order valence-electron chi connectivity index (χ1n) is 11.6. The first kappa shape index (κ1) is 24.6. The molecule has 0 aliphatic carbocycles. The summed E-state index contributed by atoms with van der Waals surface area (Å²) < 4.78 is 38.9. The van der Waals surface area contributed by atoms with Crippen molar-refractivity contribution in [1.29, 1.82) is 0 Å². The SMILES string of the molecule is CCCC(c1ccc(C(F)(F)F)cc1)N1CCN(C2(C)CCN(B(C)O)CC2)CC1C. The number of piperidine rings is 1. The summed E-state index contributed by atoms with van der Waals surface area (Å²) >= 11 is 0. The predicted molar refractivity (Wildman–Crippen MR) is 120 cm³/mol. The molecule has 0 saturated carbocycles. The number of piperazine rings is 1. The van der Waals surface area contributed by atoms with Crippen LogP contribution in [-0.2, 0) is 6.18 Å². The molecule has 1 aromatic carbocycles. The van der Waals surface area contributed by atoms with E-state index in [1.807, 2.05) is 6.82 Å². The summed E-state index contributed by atoms with van der Waals surface area (Å²) in [6, 6.07) is 6.24. The highest BCUT2D eigenvalue weighted by Crippen LogP contribution is 2.36. The molecule has 0 radical (unpaired) electrons. The fraction of sp³-hybridized carbons (Fsp3) is 0.739. The first-order valence-corrected chi connectivity index (χ1v) is 11.6. The lowest BCUT2D eigenvalue weighted by Gasteiger charge is -2.53. The molecule has 0 amide bonds. The van der Waals surface area contributed by atoms with Gasteiger partial charge in [0, 0.05) is 37.3 Å². The van der Waals surface area contributed by atoms with Gasteiger partial charge in [-0.2, -0.15) is 13.2 Å². The van der Waals surface area contributed by atoms with Crippen molar-refractivity contribution in [3.8, 4) is 0 Å². The van der Waals surface area contributed by atoms with Gasteiger partial charge in [0.2, 0.25) is 0 Å². The van der Waals surface area contributed by atoms with E-state index in [0.717, 1.165) is 64.0 Å². The van der Waals surface area contributed by atoms with Crippen LogP contribution in [0.5, 0.6) is 0 Å². The van der Waals surface area contributed by atoms with E-state index in [-0.39, 0.29) is 18.6 Å². The van der Waals surface area contributed by atoms with E-state index in [9.17, 15) is 18.2 Å². The third kappa shape index (κ3) is 5.64. The zero-order valence-corrected chi connectivity index (χ0v) is 19.3. The van der Waals surface area contributed by atoms with Gasteiger partial charge in [0.25, 0.3) is 0 Å². The molecule has 0 aromatic heterocycles. The van der Waals surface area contributed by atoms with Gasteiger partial charge in [-0.15, -0.1) is 0 Å². The van der Waals surface area contributed by atoms with E-state index in [2.05, 4.69) is 35.4 Å². The first-order chi connectivity index (χ1) is 14.5. The van der Waals surface area contributed by atoms with Crippen LogP contribution in [0.1, 0.15) is 63.6 Å². The molecule has 1 aromatic rings. The van der Waals surface area contributed by atoms with Crippen molar-refractivity contribution in [2.45, 2.75) is 77.1 Å². The Labute approximate surface area is 185 Å². The minimum absolute atomic E-state index is 0.139. The van der Waals surface area contributed by atoms with E-state index in [0.29, 0.717) is 6.04 Å². The number of alkyl halides is 3. The quantitative estimate of drug-likeness (QED) is 0.661. The fourth-order valence-electron chi connectivity index (χ4n) is 5.31. The van der Waals surface area contributed by atoms with E-state index >= 15 is 0 Å². The molecule has 0 bridgehead atoms.